The van der Waals surface area contributed by atoms with Gasteiger partial charge in [0.15, 0.2) is 28.7 Å². The largest absolute Gasteiger partial charge is 0.450 e. The first-order chi connectivity index (χ1) is 20.5. The number of hydrogen-bond donors (Lipinski definition) is 0. The molecule has 0 saturated carbocycles. The van der Waals surface area contributed by atoms with Crippen LogP contribution in [0, 0.1) is 18.6 Å². The maximum atomic E-state index is 15.2. The van der Waals surface area contributed by atoms with E-state index in [0.717, 1.165) is 21.7 Å². The quantitative estimate of drug-likeness (QED) is 0.223. The molecule has 2 aliphatic heterocycles. The number of aromatic nitrogens is 2. The van der Waals surface area contributed by atoms with Gasteiger partial charge < -0.3 is 14.2 Å². The Morgan fingerprint density at radius 2 is 1.84 bits per heavy atom. The van der Waals surface area contributed by atoms with Gasteiger partial charge in [-0.3, -0.25) is 4.79 Å². The number of pyridine rings is 1. The van der Waals surface area contributed by atoms with Crippen molar-refractivity contribution in [2.24, 2.45) is 0 Å². The number of benzene rings is 2. The predicted octanol–water partition coefficient (Wildman–Crippen LogP) is 5.79. The van der Waals surface area contributed by atoms with Gasteiger partial charge in [0.1, 0.15) is 11.5 Å². The summed E-state index contributed by atoms with van der Waals surface area (Å²) in [5.74, 6) is -3.32. The third-order valence-corrected chi connectivity index (χ3v) is 9.50. The van der Waals surface area contributed by atoms with Crippen molar-refractivity contribution >= 4 is 26.8 Å². The Bertz CT molecular complexity index is 1770. The van der Waals surface area contributed by atoms with E-state index < -0.39 is 33.1 Å². The molecule has 4 heterocycles. The number of Topliss-reactive ketones (excluding diaryl/α,β-unsaturated/α-hetero) is 1. The molecule has 2 saturated heterocycles. The molecule has 0 aliphatic carbocycles. The van der Waals surface area contributed by atoms with Crippen LogP contribution in [-0.2, 0) is 30.7 Å². The second kappa shape index (κ2) is 11.4. The van der Waals surface area contributed by atoms with Gasteiger partial charge in [-0.15, -0.1) is 0 Å². The van der Waals surface area contributed by atoms with Crippen LogP contribution in [0.5, 0.6) is 11.5 Å². The lowest BCUT2D eigenvalue weighted by molar-refractivity contribution is -0.139. The standard InChI is InChI=1S/C31H29F3N2O6S/c1-19-2-4-23(5-3-19)43(38,39)36-15-24(21-8-11-40-16-21)28-27(7-10-35-30(28)36)42-29-25(32)13-20(14-26(29)33)12-22(37)6-9-31(34)17-41-18-31/h2-5,7,10,13-15,21H,6,8-9,11-12,16-18H2,1H3. The Morgan fingerprint density at radius 1 is 1.12 bits per heavy atom. The van der Waals surface area contributed by atoms with Crippen molar-refractivity contribution in [3.05, 3.63) is 83.2 Å². The maximum Gasteiger partial charge on any atom is 0.269 e. The molecule has 2 aromatic carbocycles. The van der Waals surface area contributed by atoms with Crippen LogP contribution in [0.15, 0.2) is 59.8 Å². The van der Waals surface area contributed by atoms with E-state index in [2.05, 4.69) is 4.98 Å². The van der Waals surface area contributed by atoms with E-state index >= 15 is 8.78 Å². The van der Waals surface area contributed by atoms with Crippen molar-refractivity contribution in [3.63, 3.8) is 0 Å². The monoisotopic (exact) mass is 614 g/mol. The summed E-state index contributed by atoms with van der Waals surface area (Å²) in [6.07, 6.45) is 3.03. The summed E-state index contributed by atoms with van der Waals surface area (Å²) in [5, 5.41) is 0.298. The number of aryl methyl sites for hydroxylation is 1. The van der Waals surface area contributed by atoms with Crippen LogP contribution < -0.4 is 4.74 Å². The fourth-order valence-electron chi connectivity index (χ4n) is 5.37. The number of hydrogen-bond acceptors (Lipinski definition) is 7. The van der Waals surface area contributed by atoms with Gasteiger partial charge in [0.2, 0.25) is 0 Å². The number of fused-ring (bicyclic) bond motifs is 1. The molecule has 0 N–H and O–H groups in total. The number of nitrogens with zero attached hydrogens (tertiary/aromatic N) is 2. The van der Waals surface area contributed by atoms with Crippen LogP contribution in [0.3, 0.4) is 0 Å². The Balaban J connectivity index is 1.33. The molecule has 4 aromatic rings. The second-order valence-corrected chi connectivity index (χ2v) is 12.9. The van der Waals surface area contributed by atoms with E-state index in [1.807, 2.05) is 6.92 Å². The van der Waals surface area contributed by atoms with Crippen molar-refractivity contribution < 1.29 is 40.6 Å². The summed E-state index contributed by atoms with van der Waals surface area (Å²) in [7, 11) is -4.08. The van der Waals surface area contributed by atoms with Crippen LogP contribution in [0.4, 0.5) is 13.2 Å². The third kappa shape index (κ3) is 5.78. The number of alkyl halides is 1. The first-order valence-corrected chi connectivity index (χ1v) is 15.3. The summed E-state index contributed by atoms with van der Waals surface area (Å²) < 4.78 is 89.3. The molecule has 226 valence electrons. The summed E-state index contributed by atoms with van der Waals surface area (Å²) in [5.41, 5.74) is 0.0680. The average Bonchev–Trinajstić information content (AvgIpc) is 3.62. The average molecular weight is 615 g/mol. The molecule has 1 atom stereocenters. The second-order valence-electron chi connectivity index (χ2n) is 11.1. The molecule has 6 rings (SSSR count). The molecule has 1 unspecified atom stereocenters. The van der Waals surface area contributed by atoms with Gasteiger partial charge >= 0.3 is 0 Å². The molecule has 12 heteroatoms. The zero-order valence-electron chi connectivity index (χ0n) is 23.3. The summed E-state index contributed by atoms with van der Waals surface area (Å²) in [4.78, 5) is 16.7. The van der Waals surface area contributed by atoms with Gasteiger partial charge in [-0.2, -0.15) is 0 Å². The fraction of sp³-hybridized carbons (Fsp3) is 0.355. The maximum absolute atomic E-state index is 15.2. The number of carbonyl (C=O) groups is 1. The van der Waals surface area contributed by atoms with Crippen molar-refractivity contribution in [1.82, 2.24) is 8.96 Å². The van der Waals surface area contributed by atoms with E-state index in [0.29, 0.717) is 30.6 Å². The molecule has 0 spiro atoms. The molecular formula is C31H29F3N2O6S. The molecule has 0 bridgehead atoms. The predicted molar refractivity (Wildman–Crippen MR) is 151 cm³/mol. The number of carbonyl (C=O) groups excluding carboxylic acids is 1. The number of rotatable bonds is 10. The van der Waals surface area contributed by atoms with E-state index in [4.69, 9.17) is 14.2 Å². The molecule has 2 aromatic heterocycles. The van der Waals surface area contributed by atoms with Gasteiger partial charge in [-0.1, -0.05) is 17.7 Å². The number of ether oxygens (including phenoxy) is 3. The lowest BCUT2D eigenvalue weighted by Gasteiger charge is -2.33. The SMILES string of the molecule is Cc1ccc(S(=O)(=O)n2cc(C3CCOC3)c3c(Oc4c(F)cc(CC(=O)CCC5(F)COC5)cc4F)ccnc32)cc1. The molecule has 0 amide bonds. The fourth-order valence-corrected chi connectivity index (χ4v) is 6.70. The highest BCUT2D eigenvalue weighted by molar-refractivity contribution is 7.90. The Morgan fingerprint density at radius 3 is 2.47 bits per heavy atom. The van der Waals surface area contributed by atoms with E-state index in [1.54, 1.807) is 12.1 Å². The molecule has 2 fully saturated rings. The van der Waals surface area contributed by atoms with Gasteiger partial charge in [0.05, 0.1) is 30.1 Å². The lowest BCUT2D eigenvalue weighted by Crippen LogP contribution is -2.45. The van der Waals surface area contributed by atoms with Crippen molar-refractivity contribution in [2.45, 2.75) is 49.1 Å². The molecule has 43 heavy (non-hydrogen) atoms. The third-order valence-electron chi connectivity index (χ3n) is 7.84. The first-order valence-electron chi connectivity index (χ1n) is 13.9. The Hall–Kier alpha value is -3.74. The minimum absolute atomic E-state index is 0.0102. The highest BCUT2D eigenvalue weighted by Gasteiger charge is 2.38. The van der Waals surface area contributed by atoms with Crippen LogP contribution in [0.1, 0.15) is 41.9 Å². The number of halogens is 3. The zero-order chi connectivity index (χ0) is 30.4. The van der Waals surface area contributed by atoms with Gasteiger partial charge in [0.25, 0.3) is 10.0 Å². The number of ketones is 1. The summed E-state index contributed by atoms with van der Waals surface area (Å²) in [6.45, 7) is 2.53. The first kappa shape index (κ1) is 29.3. The van der Waals surface area contributed by atoms with Crippen LogP contribution in [0.25, 0.3) is 11.0 Å². The molecular weight excluding hydrogens is 585 g/mol. The van der Waals surface area contributed by atoms with E-state index in [9.17, 15) is 17.6 Å². The van der Waals surface area contributed by atoms with Gasteiger partial charge in [-0.05, 0) is 61.2 Å². The highest BCUT2D eigenvalue weighted by atomic mass is 32.2. The highest BCUT2D eigenvalue weighted by Crippen LogP contribution is 2.41. The minimum Gasteiger partial charge on any atom is -0.450 e. The van der Waals surface area contributed by atoms with Crippen LogP contribution >= 0.6 is 0 Å². The molecule has 0 radical (unpaired) electrons. The zero-order valence-corrected chi connectivity index (χ0v) is 24.1. The van der Waals surface area contributed by atoms with Crippen molar-refractivity contribution in [1.29, 1.82) is 0 Å². The smallest absolute Gasteiger partial charge is 0.269 e. The Kier molecular flexibility index (Phi) is 7.78. The molecule has 2 aliphatic rings. The van der Waals surface area contributed by atoms with E-state index in [-0.39, 0.29) is 66.0 Å². The van der Waals surface area contributed by atoms with E-state index in [1.165, 1.54) is 30.6 Å². The van der Waals surface area contributed by atoms with Crippen molar-refractivity contribution in [3.8, 4) is 11.5 Å². The lowest BCUT2D eigenvalue weighted by atomic mass is 9.95. The topological polar surface area (TPSA) is 96.7 Å². The van der Waals surface area contributed by atoms with Gasteiger partial charge in [-0.25, -0.2) is 30.5 Å². The minimum atomic E-state index is -4.08. The normalized spacial score (nSPS) is 18.1. The molecule has 8 nitrogen and oxygen atoms in total. The van der Waals surface area contributed by atoms with Crippen LogP contribution in [0.2, 0.25) is 0 Å². The Labute approximate surface area is 246 Å². The summed E-state index contributed by atoms with van der Waals surface area (Å²) >= 11 is 0. The van der Waals surface area contributed by atoms with Gasteiger partial charge in [0, 0.05) is 37.8 Å². The van der Waals surface area contributed by atoms with Crippen LogP contribution in [-0.4, -0.2) is 55.3 Å². The van der Waals surface area contributed by atoms with Crippen molar-refractivity contribution in [2.75, 3.05) is 26.4 Å². The summed E-state index contributed by atoms with van der Waals surface area (Å²) in [6, 6.07) is 9.81.